The summed E-state index contributed by atoms with van der Waals surface area (Å²) in [5.74, 6) is 1.24. The van der Waals surface area contributed by atoms with Gasteiger partial charge >= 0.3 is 6.09 Å². The van der Waals surface area contributed by atoms with Crippen LogP contribution < -0.4 is 15.0 Å². The molecule has 4 rings (SSSR count). The molecule has 1 N–H and O–H groups in total. The van der Waals surface area contributed by atoms with Gasteiger partial charge in [0, 0.05) is 29.5 Å². The van der Waals surface area contributed by atoms with Gasteiger partial charge in [-0.1, -0.05) is 41.1 Å². The molecule has 8 heteroatoms. The normalized spacial score (nSPS) is 20.5. The molecular formula is C23H25BrN2O5. The highest BCUT2D eigenvalue weighted by molar-refractivity contribution is 9.10. The standard InChI is InChI=1S/C23H25BrN2O5/c1-3-21(29-4-2)31-23(28)25-16-10-12-20(27)26-17-13-14(24)9-11-19(17)30-18-8-6-5-7-15(18)22(16)26/h5-9,11,13,16,21-22H,3-4,10,12H2,1-2H3,(H,25,28)/t16-,21?,22-/m1/s1. The summed E-state index contributed by atoms with van der Waals surface area (Å²) in [5, 5.41) is 2.97. The number of alkyl carbamates (subject to hydrolysis) is 1. The van der Waals surface area contributed by atoms with Crippen molar-refractivity contribution in [3.8, 4) is 11.5 Å². The molecule has 31 heavy (non-hydrogen) atoms. The first kappa shape index (κ1) is 21.6. The summed E-state index contributed by atoms with van der Waals surface area (Å²) in [6.45, 7) is 4.20. The molecule has 2 heterocycles. The van der Waals surface area contributed by atoms with E-state index in [2.05, 4.69) is 21.2 Å². The first-order chi connectivity index (χ1) is 15.0. The van der Waals surface area contributed by atoms with Gasteiger partial charge in [0.15, 0.2) is 5.75 Å². The molecule has 2 aliphatic rings. The van der Waals surface area contributed by atoms with Crippen molar-refractivity contribution in [1.82, 2.24) is 5.32 Å². The van der Waals surface area contributed by atoms with Crippen molar-refractivity contribution in [3.05, 3.63) is 52.5 Å². The Morgan fingerprint density at radius 1 is 1.26 bits per heavy atom. The first-order valence-electron chi connectivity index (χ1n) is 10.5. The maximum absolute atomic E-state index is 13.1. The van der Waals surface area contributed by atoms with Crippen LogP contribution in [0, 0.1) is 0 Å². The number of halogens is 1. The van der Waals surface area contributed by atoms with E-state index in [0.29, 0.717) is 43.1 Å². The maximum atomic E-state index is 13.1. The number of nitrogens with one attached hydrogen (secondary N) is 1. The van der Waals surface area contributed by atoms with Crippen LogP contribution in [0.2, 0.25) is 0 Å². The lowest BCUT2D eigenvalue weighted by Gasteiger charge is -2.40. The maximum Gasteiger partial charge on any atom is 0.409 e. The number of amides is 2. The van der Waals surface area contributed by atoms with E-state index in [4.69, 9.17) is 14.2 Å². The van der Waals surface area contributed by atoms with E-state index in [0.717, 1.165) is 10.0 Å². The quantitative estimate of drug-likeness (QED) is 0.578. The van der Waals surface area contributed by atoms with E-state index in [1.165, 1.54) is 0 Å². The summed E-state index contributed by atoms with van der Waals surface area (Å²) >= 11 is 3.50. The van der Waals surface area contributed by atoms with E-state index in [9.17, 15) is 9.59 Å². The van der Waals surface area contributed by atoms with Crippen molar-refractivity contribution >= 4 is 33.6 Å². The van der Waals surface area contributed by atoms with Crippen molar-refractivity contribution in [3.63, 3.8) is 0 Å². The summed E-state index contributed by atoms with van der Waals surface area (Å²) in [6.07, 6.45) is 0.193. The molecule has 1 saturated heterocycles. The van der Waals surface area contributed by atoms with Gasteiger partial charge in [0.1, 0.15) is 5.75 Å². The number of nitrogens with zero attached hydrogens (tertiary/aromatic N) is 1. The Balaban J connectivity index is 1.70. The van der Waals surface area contributed by atoms with Gasteiger partial charge in [-0.2, -0.15) is 0 Å². The van der Waals surface area contributed by atoms with Crippen molar-refractivity contribution in [2.24, 2.45) is 0 Å². The average molecular weight is 489 g/mol. The summed E-state index contributed by atoms with van der Waals surface area (Å²) in [7, 11) is 0. The van der Waals surface area contributed by atoms with E-state index >= 15 is 0 Å². The number of rotatable bonds is 5. The third-order valence-corrected chi connectivity index (χ3v) is 5.96. The van der Waals surface area contributed by atoms with Crippen molar-refractivity contribution in [2.75, 3.05) is 11.5 Å². The molecule has 7 nitrogen and oxygen atoms in total. The van der Waals surface area contributed by atoms with E-state index < -0.39 is 18.4 Å². The number of anilines is 1. The summed E-state index contributed by atoms with van der Waals surface area (Å²) in [5.41, 5.74) is 1.51. The molecule has 1 fully saturated rings. The molecule has 1 unspecified atom stereocenters. The molecule has 2 aliphatic heterocycles. The smallest absolute Gasteiger partial charge is 0.409 e. The Morgan fingerprint density at radius 3 is 2.84 bits per heavy atom. The Hall–Kier alpha value is -2.58. The van der Waals surface area contributed by atoms with Gasteiger partial charge in [0.2, 0.25) is 12.2 Å². The fraction of sp³-hybridized carbons (Fsp3) is 0.391. The minimum atomic E-state index is -0.604. The van der Waals surface area contributed by atoms with Gasteiger partial charge in [0.25, 0.3) is 0 Å². The lowest BCUT2D eigenvalue weighted by atomic mass is 9.89. The van der Waals surface area contributed by atoms with Crippen LogP contribution in [-0.2, 0) is 14.3 Å². The molecule has 2 aromatic carbocycles. The molecule has 0 spiro atoms. The zero-order chi connectivity index (χ0) is 22.0. The fourth-order valence-electron chi connectivity index (χ4n) is 4.11. The number of carbonyl (C=O) groups is 2. The highest BCUT2D eigenvalue weighted by Crippen LogP contribution is 2.48. The number of fused-ring (bicyclic) bond motifs is 5. The number of benzene rings is 2. The SMILES string of the molecule is CCOC(CC)OC(=O)N[C@@H]1CCC(=O)N2c3cc(Br)ccc3Oc3ccccc3[C@H]12. The zero-order valence-electron chi connectivity index (χ0n) is 17.5. The van der Waals surface area contributed by atoms with Crippen LogP contribution in [0.5, 0.6) is 11.5 Å². The molecule has 2 aromatic rings. The number of carbonyl (C=O) groups excluding carboxylic acids is 2. The van der Waals surface area contributed by atoms with Crippen molar-refractivity contribution in [2.45, 2.75) is 51.5 Å². The molecule has 0 aromatic heterocycles. The van der Waals surface area contributed by atoms with Crippen molar-refractivity contribution in [1.29, 1.82) is 0 Å². The van der Waals surface area contributed by atoms with Gasteiger partial charge in [-0.3, -0.25) is 9.69 Å². The second-order valence-corrected chi connectivity index (χ2v) is 8.36. The molecule has 164 valence electrons. The van der Waals surface area contributed by atoms with E-state index in [1.807, 2.05) is 56.3 Å². The predicted molar refractivity (Wildman–Crippen MR) is 119 cm³/mol. The number of ether oxygens (including phenoxy) is 3. The van der Waals surface area contributed by atoms with Gasteiger partial charge < -0.3 is 19.5 Å². The van der Waals surface area contributed by atoms with Gasteiger partial charge in [-0.25, -0.2) is 4.79 Å². The highest BCUT2D eigenvalue weighted by atomic mass is 79.9. The zero-order valence-corrected chi connectivity index (χ0v) is 19.1. The molecule has 0 aliphatic carbocycles. The molecule has 0 radical (unpaired) electrons. The van der Waals surface area contributed by atoms with Crippen LogP contribution in [0.1, 0.15) is 44.7 Å². The molecule has 0 bridgehead atoms. The Kier molecular flexibility index (Phi) is 6.48. The van der Waals surface area contributed by atoms with Crippen LogP contribution >= 0.6 is 15.9 Å². The van der Waals surface area contributed by atoms with E-state index in [-0.39, 0.29) is 11.9 Å². The van der Waals surface area contributed by atoms with Crippen LogP contribution in [0.4, 0.5) is 10.5 Å². The Labute approximate surface area is 189 Å². The largest absolute Gasteiger partial charge is 0.455 e. The number of piperidine rings is 1. The average Bonchev–Trinajstić information content (AvgIpc) is 2.90. The van der Waals surface area contributed by atoms with Crippen LogP contribution in [0.3, 0.4) is 0 Å². The predicted octanol–water partition coefficient (Wildman–Crippen LogP) is 5.29. The van der Waals surface area contributed by atoms with Gasteiger partial charge in [-0.15, -0.1) is 0 Å². The highest BCUT2D eigenvalue weighted by Gasteiger charge is 2.43. The monoisotopic (exact) mass is 488 g/mol. The molecule has 2 amide bonds. The summed E-state index contributed by atoms with van der Waals surface area (Å²) in [6, 6.07) is 12.4. The minimum Gasteiger partial charge on any atom is -0.455 e. The van der Waals surface area contributed by atoms with Gasteiger partial charge in [-0.05, 0) is 37.6 Å². The van der Waals surface area contributed by atoms with Gasteiger partial charge in [0.05, 0.1) is 17.8 Å². The first-order valence-corrected chi connectivity index (χ1v) is 11.3. The van der Waals surface area contributed by atoms with Crippen LogP contribution in [-0.4, -0.2) is 30.9 Å². The summed E-state index contributed by atoms with van der Waals surface area (Å²) in [4.78, 5) is 27.5. The fourth-order valence-corrected chi connectivity index (χ4v) is 4.46. The topological polar surface area (TPSA) is 77.1 Å². The Bertz CT molecular complexity index is 982. The number of hydrogen-bond acceptors (Lipinski definition) is 5. The second kappa shape index (κ2) is 9.28. The third-order valence-electron chi connectivity index (χ3n) is 5.46. The molecular weight excluding hydrogens is 464 g/mol. The molecule has 0 saturated carbocycles. The van der Waals surface area contributed by atoms with E-state index in [1.54, 1.807) is 4.90 Å². The number of hydrogen-bond donors (Lipinski definition) is 1. The minimum absolute atomic E-state index is 0.0168. The molecule has 3 atom stereocenters. The Morgan fingerprint density at radius 2 is 2.06 bits per heavy atom. The number of para-hydroxylation sites is 1. The van der Waals surface area contributed by atoms with Crippen molar-refractivity contribution < 1.29 is 23.8 Å². The second-order valence-electron chi connectivity index (χ2n) is 7.45. The van der Waals surface area contributed by atoms with Crippen LogP contribution in [0.15, 0.2) is 46.9 Å². The lowest BCUT2D eigenvalue weighted by molar-refractivity contribution is -0.121. The third kappa shape index (κ3) is 4.41. The lowest BCUT2D eigenvalue weighted by Crippen LogP contribution is -2.52. The van der Waals surface area contributed by atoms with Crippen LogP contribution in [0.25, 0.3) is 0 Å². The summed E-state index contributed by atoms with van der Waals surface area (Å²) < 4.78 is 17.9.